The summed E-state index contributed by atoms with van der Waals surface area (Å²) in [7, 11) is 2.13. The monoisotopic (exact) mass is 169 g/mol. The molecule has 0 radical (unpaired) electrons. The van der Waals surface area contributed by atoms with Gasteiger partial charge in [-0.2, -0.15) is 5.26 Å². The molecule has 1 N–H and O–H groups in total. The first-order chi connectivity index (χ1) is 5.68. The Balaban J connectivity index is 3.15. The molecule has 0 aliphatic carbocycles. The molecule has 0 aromatic carbocycles. The molecule has 0 aromatic rings. The summed E-state index contributed by atoms with van der Waals surface area (Å²) in [6.07, 6.45) is 4.15. The first kappa shape index (κ1) is 11.2. The second-order valence-electron chi connectivity index (χ2n) is 3.32. The minimum absolute atomic E-state index is 0.619. The highest BCUT2D eigenvalue weighted by molar-refractivity contribution is 4.64. The van der Waals surface area contributed by atoms with Crippen LogP contribution in [0.15, 0.2) is 0 Å². The summed E-state index contributed by atoms with van der Waals surface area (Å²) < 4.78 is 0. The fourth-order valence-corrected chi connectivity index (χ4v) is 0.889. The van der Waals surface area contributed by atoms with E-state index in [0.717, 1.165) is 25.9 Å². The van der Waals surface area contributed by atoms with Gasteiger partial charge in [0.05, 0.1) is 0 Å². The molecule has 0 rings (SSSR count). The van der Waals surface area contributed by atoms with Crippen LogP contribution < -0.4 is 5.32 Å². The van der Waals surface area contributed by atoms with Crippen LogP contribution in [0, 0.1) is 11.5 Å². The summed E-state index contributed by atoms with van der Waals surface area (Å²) in [5.74, 6) is 0. The van der Waals surface area contributed by atoms with E-state index in [0.29, 0.717) is 6.04 Å². The Labute approximate surface area is 75.4 Å². The Kier molecular flexibility index (Phi) is 6.50. The number of nitrogens with one attached hydrogen (secondary N) is 1. The smallest absolute Gasteiger partial charge is 0.176 e. The number of hydrogen-bond acceptors (Lipinski definition) is 3. The van der Waals surface area contributed by atoms with Crippen LogP contribution in [0.3, 0.4) is 0 Å². The van der Waals surface area contributed by atoms with Gasteiger partial charge in [0.25, 0.3) is 0 Å². The summed E-state index contributed by atoms with van der Waals surface area (Å²) in [6, 6.07) is 0.619. The Morgan fingerprint density at radius 3 is 2.58 bits per heavy atom. The molecule has 0 unspecified atom stereocenters. The lowest BCUT2D eigenvalue weighted by Gasteiger charge is -2.20. The highest BCUT2D eigenvalue weighted by atomic mass is 15.1. The third kappa shape index (κ3) is 5.99. The van der Waals surface area contributed by atoms with Crippen molar-refractivity contribution in [3.8, 4) is 6.19 Å². The van der Waals surface area contributed by atoms with Gasteiger partial charge in [0.1, 0.15) is 0 Å². The van der Waals surface area contributed by atoms with Crippen molar-refractivity contribution in [2.45, 2.75) is 32.7 Å². The van der Waals surface area contributed by atoms with Gasteiger partial charge in [-0.05, 0) is 40.3 Å². The molecule has 0 fully saturated rings. The lowest BCUT2D eigenvalue weighted by atomic mass is 10.2. The average molecular weight is 169 g/mol. The first-order valence-corrected chi connectivity index (χ1v) is 4.50. The number of nitrogens with zero attached hydrogens (tertiary/aromatic N) is 2. The lowest BCUT2D eigenvalue weighted by molar-refractivity contribution is 0.268. The van der Waals surface area contributed by atoms with E-state index in [1.54, 1.807) is 0 Å². The Morgan fingerprint density at radius 2 is 2.08 bits per heavy atom. The van der Waals surface area contributed by atoms with E-state index < -0.39 is 0 Å². The Hall–Kier alpha value is -0.750. The first-order valence-electron chi connectivity index (χ1n) is 4.50. The molecule has 0 aliphatic heterocycles. The summed E-state index contributed by atoms with van der Waals surface area (Å²) in [5, 5.41) is 10.8. The summed E-state index contributed by atoms with van der Waals surface area (Å²) in [5.41, 5.74) is 0. The zero-order valence-electron chi connectivity index (χ0n) is 8.30. The van der Waals surface area contributed by atoms with Crippen LogP contribution >= 0.6 is 0 Å². The zero-order chi connectivity index (χ0) is 9.40. The molecule has 0 heterocycles. The minimum Gasteiger partial charge on any atom is -0.324 e. The number of nitriles is 1. The fraction of sp³-hybridized carbons (Fsp3) is 0.889. The van der Waals surface area contributed by atoms with Crippen LogP contribution in [-0.2, 0) is 0 Å². The summed E-state index contributed by atoms with van der Waals surface area (Å²) in [4.78, 5) is 2.31. The van der Waals surface area contributed by atoms with E-state index in [-0.39, 0.29) is 0 Å². The molecule has 0 saturated carbocycles. The number of hydrogen-bond donors (Lipinski definition) is 1. The molecular formula is C9H19N3. The van der Waals surface area contributed by atoms with E-state index in [4.69, 9.17) is 5.26 Å². The van der Waals surface area contributed by atoms with Gasteiger partial charge in [0, 0.05) is 12.6 Å². The van der Waals surface area contributed by atoms with Gasteiger partial charge in [-0.1, -0.05) is 0 Å². The van der Waals surface area contributed by atoms with Gasteiger partial charge in [0.15, 0.2) is 6.19 Å². The van der Waals surface area contributed by atoms with Gasteiger partial charge >= 0.3 is 0 Å². The van der Waals surface area contributed by atoms with E-state index in [9.17, 15) is 0 Å². The van der Waals surface area contributed by atoms with Crippen LogP contribution in [0.2, 0.25) is 0 Å². The molecular weight excluding hydrogens is 150 g/mol. The third-order valence-corrected chi connectivity index (χ3v) is 2.02. The Morgan fingerprint density at radius 1 is 1.42 bits per heavy atom. The zero-order valence-corrected chi connectivity index (χ0v) is 8.30. The van der Waals surface area contributed by atoms with Crippen molar-refractivity contribution in [3.63, 3.8) is 0 Å². The molecule has 0 saturated heterocycles. The summed E-state index contributed by atoms with van der Waals surface area (Å²) in [6.45, 7) is 6.30. The van der Waals surface area contributed by atoms with Crippen LogP contribution in [0.4, 0.5) is 0 Å². The molecule has 0 bridgehead atoms. The predicted molar refractivity (Wildman–Crippen MR) is 50.6 cm³/mol. The molecule has 0 aliphatic rings. The van der Waals surface area contributed by atoms with Crippen LogP contribution in [0.5, 0.6) is 0 Å². The number of unbranched alkanes of at least 4 members (excludes halogenated alkanes) is 1. The van der Waals surface area contributed by atoms with Crippen molar-refractivity contribution in [2.24, 2.45) is 0 Å². The summed E-state index contributed by atoms with van der Waals surface area (Å²) >= 11 is 0. The maximum atomic E-state index is 8.19. The van der Waals surface area contributed by atoms with Crippen molar-refractivity contribution in [2.75, 3.05) is 20.1 Å². The molecule has 0 spiro atoms. The lowest BCUT2D eigenvalue weighted by Crippen LogP contribution is -2.27. The standard InChI is InChI=1S/C9H19N3/c1-9(2)12(3)7-5-4-6-11-8-10/h9,11H,4-7H2,1-3H3. The van der Waals surface area contributed by atoms with Gasteiger partial charge in [-0.15, -0.1) is 0 Å². The highest BCUT2D eigenvalue weighted by Gasteiger charge is 2.00. The highest BCUT2D eigenvalue weighted by Crippen LogP contribution is 1.96. The molecule has 0 amide bonds. The van der Waals surface area contributed by atoms with Crippen LogP contribution in [-0.4, -0.2) is 31.1 Å². The van der Waals surface area contributed by atoms with Gasteiger partial charge in [0.2, 0.25) is 0 Å². The maximum Gasteiger partial charge on any atom is 0.176 e. The van der Waals surface area contributed by atoms with E-state index >= 15 is 0 Å². The SMILES string of the molecule is CC(C)N(C)CCCCNC#N. The maximum absolute atomic E-state index is 8.19. The van der Waals surface area contributed by atoms with Crippen molar-refractivity contribution < 1.29 is 0 Å². The van der Waals surface area contributed by atoms with Crippen molar-refractivity contribution in [3.05, 3.63) is 0 Å². The van der Waals surface area contributed by atoms with E-state index in [1.165, 1.54) is 0 Å². The predicted octanol–water partition coefficient (Wildman–Crippen LogP) is 1.18. The quantitative estimate of drug-likeness (QED) is 0.368. The molecule has 0 atom stereocenters. The van der Waals surface area contributed by atoms with Crippen molar-refractivity contribution >= 4 is 0 Å². The molecule has 3 nitrogen and oxygen atoms in total. The second-order valence-corrected chi connectivity index (χ2v) is 3.32. The molecule has 0 aromatic heterocycles. The van der Waals surface area contributed by atoms with Crippen molar-refractivity contribution in [1.82, 2.24) is 10.2 Å². The van der Waals surface area contributed by atoms with E-state index in [2.05, 4.69) is 31.1 Å². The average Bonchev–Trinajstić information content (AvgIpc) is 2.03. The third-order valence-electron chi connectivity index (χ3n) is 2.02. The molecule has 70 valence electrons. The molecule has 12 heavy (non-hydrogen) atoms. The molecule has 3 heteroatoms. The largest absolute Gasteiger partial charge is 0.324 e. The van der Waals surface area contributed by atoms with E-state index in [1.807, 2.05) is 6.19 Å². The van der Waals surface area contributed by atoms with Gasteiger partial charge in [-0.3, -0.25) is 0 Å². The van der Waals surface area contributed by atoms with Crippen molar-refractivity contribution in [1.29, 1.82) is 5.26 Å². The van der Waals surface area contributed by atoms with Gasteiger partial charge in [-0.25, -0.2) is 0 Å². The van der Waals surface area contributed by atoms with Crippen LogP contribution in [0.1, 0.15) is 26.7 Å². The normalized spacial score (nSPS) is 10.3. The van der Waals surface area contributed by atoms with Gasteiger partial charge < -0.3 is 10.2 Å². The number of rotatable bonds is 6. The topological polar surface area (TPSA) is 39.1 Å². The fourth-order valence-electron chi connectivity index (χ4n) is 0.889. The Bertz CT molecular complexity index is 137. The van der Waals surface area contributed by atoms with Crippen LogP contribution in [0.25, 0.3) is 0 Å². The second kappa shape index (κ2) is 6.93. The minimum atomic E-state index is 0.619.